The van der Waals surface area contributed by atoms with Gasteiger partial charge in [0.2, 0.25) is 0 Å². The van der Waals surface area contributed by atoms with Crippen LogP contribution in [0.3, 0.4) is 0 Å². The lowest BCUT2D eigenvalue weighted by Crippen LogP contribution is -2.63. The van der Waals surface area contributed by atoms with E-state index in [0.29, 0.717) is 23.5 Å². The molecule has 0 aromatic rings. The first-order valence-electron chi connectivity index (χ1n) is 7.45. The molecule has 1 heterocycles. The van der Waals surface area contributed by atoms with E-state index in [2.05, 4.69) is 44.8 Å². The van der Waals surface area contributed by atoms with E-state index in [1.165, 1.54) is 30.8 Å². The van der Waals surface area contributed by atoms with E-state index >= 15 is 0 Å². The van der Waals surface area contributed by atoms with E-state index in [4.69, 9.17) is 4.74 Å². The smallest absolute Gasteiger partial charge is 0.0656 e. The van der Waals surface area contributed by atoms with Crippen molar-refractivity contribution >= 4 is 11.8 Å². The Kier molecular flexibility index (Phi) is 5.01. The summed E-state index contributed by atoms with van der Waals surface area (Å²) in [6.45, 7) is 10.1. The van der Waals surface area contributed by atoms with Gasteiger partial charge in [-0.15, -0.1) is 0 Å². The van der Waals surface area contributed by atoms with E-state index in [1.807, 2.05) is 0 Å². The van der Waals surface area contributed by atoms with E-state index in [1.54, 1.807) is 0 Å². The van der Waals surface area contributed by atoms with E-state index in [0.717, 1.165) is 12.6 Å². The summed E-state index contributed by atoms with van der Waals surface area (Å²) in [4.78, 5) is 0. The normalized spacial score (nSPS) is 32.5. The minimum Gasteiger partial charge on any atom is -0.377 e. The van der Waals surface area contributed by atoms with Crippen LogP contribution in [0.1, 0.15) is 47.0 Å². The van der Waals surface area contributed by atoms with Crippen molar-refractivity contribution in [1.82, 2.24) is 5.32 Å². The van der Waals surface area contributed by atoms with Gasteiger partial charge in [0.25, 0.3) is 0 Å². The molecular weight excluding hydrogens is 242 g/mol. The lowest BCUT2D eigenvalue weighted by atomic mass is 9.64. The Labute approximate surface area is 117 Å². The van der Waals surface area contributed by atoms with Crippen LogP contribution in [0, 0.1) is 11.3 Å². The average molecular weight is 271 g/mol. The van der Waals surface area contributed by atoms with Gasteiger partial charge in [-0.25, -0.2) is 0 Å². The predicted octanol–water partition coefficient (Wildman–Crippen LogP) is 3.31. The quantitative estimate of drug-likeness (QED) is 0.829. The molecule has 1 N–H and O–H groups in total. The molecule has 1 aliphatic heterocycles. The predicted molar refractivity (Wildman–Crippen MR) is 80.2 cm³/mol. The number of hydrogen-bond acceptors (Lipinski definition) is 3. The van der Waals surface area contributed by atoms with Crippen molar-refractivity contribution in [2.45, 2.75) is 65.1 Å². The maximum atomic E-state index is 6.03. The van der Waals surface area contributed by atoms with Crippen molar-refractivity contribution in [1.29, 1.82) is 0 Å². The minimum atomic E-state index is 0.305. The first-order chi connectivity index (χ1) is 8.50. The summed E-state index contributed by atoms with van der Waals surface area (Å²) in [5.41, 5.74) is 0.305. The number of nitrogens with one attached hydrogen (secondary N) is 1. The second-order valence-electron chi connectivity index (χ2n) is 6.88. The van der Waals surface area contributed by atoms with Crippen molar-refractivity contribution in [3.05, 3.63) is 0 Å². The average Bonchev–Trinajstić information content (AvgIpc) is 2.33. The van der Waals surface area contributed by atoms with Crippen LogP contribution >= 0.6 is 11.8 Å². The Bertz CT molecular complexity index is 261. The van der Waals surface area contributed by atoms with Crippen LogP contribution in [-0.2, 0) is 4.74 Å². The second-order valence-corrected chi connectivity index (χ2v) is 8.10. The van der Waals surface area contributed by atoms with Gasteiger partial charge < -0.3 is 10.1 Å². The summed E-state index contributed by atoms with van der Waals surface area (Å²) in [5, 5.41) is 3.87. The maximum Gasteiger partial charge on any atom is 0.0656 e. The number of thioether (sulfide) groups is 1. The molecule has 1 saturated heterocycles. The van der Waals surface area contributed by atoms with Gasteiger partial charge >= 0.3 is 0 Å². The Morgan fingerprint density at radius 1 is 1.28 bits per heavy atom. The van der Waals surface area contributed by atoms with Gasteiger partial charge in [0.05, 0.1) is 6.10 Å². The molecule has 2 atom stereocenters. The summed E-state index contributed by atoms with van der Waals surface area (Å²) >= 11 is 2.10. The highest BCUT2D eigenvalue weighted by molar-refractivity contribution is 7.99. The van der Waals surface area contributed by atoms with Gasteiger partial charge in [0.15, 0.2) is 0 Å². The van der Waals surface area contributed by atoms with Crippen molar-refractivity contribution in [2.24, 2.45) is 11.3 Å². The largest absolute Gasteiger partial charge is 0.377 e. The molecular formula is C15H29NOS. The molecule has 1 aliphatic carbocycles. The highest BCUT2D eigenvalue weighted by atomic mass is 32.2. The fraction of sp³-hybridized carbons (Fsp3) is 1.00. The molecule has 0 amide bonds. The number of rotatable bonds is 5. The summed E-state index contributed by atoms with van der Waals surface area (Å²) < 4.78 is 6.03. The Morgan fingerprint density at radius 2 is 1.94 bits per heavy atom. The standard InChI is InChI=1S/C15H29NOS/c1-11(2)10-17-14-9-13(15(14,3)4)16-12-5-7-18-8-6-12/h11-14,16H,5-10H2,1-4H3. The zero-order chi connectivity index (χ0) is 13.2. The fourth-order valence-corrected chi connectivity index (χ4v) is 4.01. The number of ether oxygens (including phenoxy) is 1. The molecule has 3 heteroatoms. The molecule has 2 rings (SSSR count). The summed E-state index contributed by atoms with van der Waals surface area (Å²) in [6, 6.07) is 1.41. The van der Waals surface area contributed by atoms with E-state index in [-0.39, 0.29) is 0 Å². The van der Waals surface area contributed by atoms with Crippen LogP contribution in [0.4, 0.5) is 0 Å². The summed E-state index contributed by atoms with van der Waals surface area (Å²) in [5.74, 6) is 3.30. The first kappa shape index (κ1) is 14.7. The highest BCUT2D eigenvalue weighted by Crippen LogP contribution is 2.43. The van der Waals surface area contributed by atoms with Crippen LogP contribution in [0.15, 0.2) is 0 Å². The van der Waals surface area contributed by atoms with Crippen molar-refractivity contribution in [3.63, 3.8) is 0 Å². The molecule has 0 aromatic carbocycles. The second kappa shape index (κ2) is 6.15. The first-order valence-corrected chi connectivity index (χ1v) is 8.61. The third-order valence-electron chi connectivity index (χ3n) is 4.47. The van der Waals surface area contributed by atoms with Crippen LogP contribution in [0.2, 0.25) is 0 Å². The lowest BCUT2D eigenvalue weighted by Gasteiger charge is -2.53. The zero-order valence-corrected chi connectivity index (χ0v) is 13.2. The Balaban J connectivity index is 1.75. The molecule has 18 heavy (non-hydrogen) atoms. The zero-order valence-electron chi connectivity index (χ0n) is 12.4. The third kappa shape index (κ3) is 3.43. The van der Waals surface area contributed by atoms with Crippen molar-refractivity contribution in [2.75, 3.05) is 18.1 Å². The van der Waals surface area contributed by atoms with Gasteiger partial charge in [0, 0.05) is 24.1 Å². The van der Waals surface area contributed by atoms with Gasteiger partial charge in [-0.2, -0.15) is 11.8 Å². The Morgan fingerprint density at radius 3 is 2.50 bits per heavy atom. The van der Waals surface area contributed by atoms with E-state index < -0.39 is 0 Å². The molecule has 0 spiro atoms. The van der Waals surface area contributed by atoms with Gasteiger partial charge in [-0.05, 0) is 36.7 Å². The van der Waals surface area contributed by atoms with Gasteiger partial charge in [-0.3, -0.25) is 0 Å². The molecule has 0 aromatic heterocycles. The molecule has 0 radical (unpaired) electrons. The number of hydrogen-bond donors (Lipinski definition) is 1. The Hall–Kier alpha value is 0.270. The van der Waals surface area contributed by atoms with Gasteiger partial charge in [-0.1, -0.05) is 27.7 Å². The molecule has 2 nitrogen and oxygen atoms in total. The van der Waals surface area contributed by atoms with Crippen LogP contribution in [0.25, 0.3) is 0 Å². The fourth-order valence-electron chi connectivity index (χ4n) is 2.91. The molecule has 106 valence electrons. The summed E-state index contributed by atoms with van der Waals surface area (Å²) in [6.07, 6.45) is 4.34. The molecule has 1 saturated carbocycles. The minimum absolute atomic E-state index is 0.305. The van der Waals surface area contributed by atoms with Gasteiger partial charge in [0.1, 0.15) is 0 Å². The lowest BCUT2D eigenvalue weighted by molar-refractivity contribution is -0.126. The van der Waals surface area contributed by atoms with E-state index in [9.17, 15) is 0 Å². The third-order valence-corrected chi connectivity index (χ3v) is 5.52. The maximum absolute atomic E-state index is 6.03. The van der Waals surface area contributed by atoms with Crippen molar-refractivity contribution in [3.8, 4) is 0 Å². The van der Waals surface area contributed by atoms with Crippen LogP contribution < -0.4 is 5.32 Å². The molecule has 2 fully saturated rings. The molecule has 2 aliphatic rings. The van der Waals surface area contributed by atoms with Crippen LogP contribution in [-0.4, -0.2) is 36.3 Å². The topological polar surface area (TPSA) is 21.3 Å². The monoisotopic (exact) mass is 271 g/mol. The summed E-state index contributed by atoms with van der Waals surface area (Å²) in [7, 11) is 0. The SMILES string of the molecule is CC(C)COC1CC(NC2CCSCC2)C1(C)C. The highest BCUT2D eigenvalue weighted by Gasteiger charge is 2.49. The molecule has 2 unspecified atom stereocenters. The molecule has 0 bridgehead atoms. The van der Waals surface area contributed by atoms with Crippen molar-refractivity contribution < 1.29 is 4.74 Å². The van der Waals surface area contributed by atoms with Crippen LogP contribution in [0.5, 0.6) is 0 Å².